The van der Waals surface area contributed by atoms with E-state index in [4.69, 9.17) is 5.73 Å². The third-order valence-electron chi connectivity index (χ3n) is 3.74. The number of piperidine rings is 1. The number of thiazole rings is 1. The minimum Gasteiger partial charge on any atom is -0.342 e. The molecule has 1 aromatic rings. The van der Waals surface area contributed by atoms with Gasteiger partial charge in [0.1, 0.15) is 0 Å². The molecule has 7 heteroatoms. The molecule has 2 N–H and O–H groups in total. The first-order valence-corrected chi connectivity index (χ1v) is 7.34. The topological polar surface area (TPSA) is 59.2 Å². The van der Waals surface area contributed by atoms with Gasteiger partial charge >= 0.3 is 0 Å². The number of carbonyl (C=O) groups excluding carboxylic acids is 1. The van der Waals surface area contributed by atoms with E-state index in [1.807, 2.05) is 15.8 Å². The van der Waals surface area contributed by atoms with Gasteiger partial charge in [-0.25, -0.2) is 4.98 Å². The predicted molar refractivity (Wildman–Crippen MR) is 87.9 cm³/mol. The zero-order valence-corrected chi connectivity index (χ0v) is 14.3. The van der Waals surface area contributed by atoms with E-state index in [2.05, 4.69) is 18.8 Å². The van der Waals surface area contributed by atoms with Crippen molar-refractivity contribution >= 4 is 42.1 Å². The third kappa shape index (κ3) is 4.88. The van der Waals surface area contributed by atoms with Crippen molar-refractivity contribution in [1.82, 2.24) is 9.88 Å². The minimum absolute atomic E-state index is 0. The van der Waals surface area contributed by atoms with E-state index >= 15 is 0 Å². The number of aromatic nitrogens is 1. The summed E-state index contributed by atoms with van der Waals surface area (Å²) in [6.45, 7) is 5.83. The second kappa shape index (κ2) is 8.17. The monoisotopic (exact) mass is 339 g/mol. The van der Waals surface area contributed by atoms with Crippen LogP contribution in [0.3, 0.4) is 0 Å². The molecule has 0 bridgehead atoms. The zero-order valence-electron chi connectivity index (χ0n) is 11.9. The highest BCUT2D eigenvalue weighted by atomic mass is 35.5. The predicted octanol–water partition coefficient (Wildman–Crippen LogP) is 2.51. The molecule has 0 radical (unpaired) electrons. The molecule has 1 fully saturated rings. The third-order valence-corrected chi connectivity index (χ3v) is 4.38. The maximum atomic E-state index is 12.1. The van der Waals surface area contributed by atoms with E-state index in [-0.39, 0.29) is 42.2 Å². The molecule has 1 saturated heterocycles. The van der Waals surface area contributed by atoms with Crippen LogP contribution in [0.5, 0.6) is 0 Å². The average Bonchev–Trinajstić information content (AvgIpc) is 2.82. The Hall–Kier alpha value is -0.360. The molecule has 0 aromatic carbocycles. The highest BCUT2D eigenvalue weighted by Gasteiger charge is 2.34. The molecule has 1 atom stereocenters. The lowest BCUT2D eigenvalue weighted by atomic mass is 9.79. The van der Waals surface area contributed by atoms with Crippen molar-refractivity contribution in [1.29, 1.82) is 0 Å². The summed E-state index contributed by atoms with van der Waals surface area (Å²) in [5, 5.41) is 2.00. The summed E-state index contributed by atoms with van der Waals surface area (Å²) in [5.41, 5.74) is 8.93. The Morgan fingerprint density at radius 2 is 2.25 bits per heavy atom. The Morgan fingerprint density at radius 3 is 2.80 bits per heavy atom. The van der Waals surface area contributed by atoms with Gasteiger partial charge in [0.15, 0.2) is 0 Å². The van der Waals surface area contributed by atoms with E-state index in [0.29, 0.717) is 6.42 Å². The Morgan fingerprint density at radius 1 is 1.55 bits per heavy atom. The maximum Gasteiger partial charge on any atom is 0.222 e. The van der Waals surface area contributed by atoms with Crippen LogP contribution < -0.4 is 5.73 Å². The summed E-state index contributed by atoms with van der Waals surface area (Å²) >= 11 is 1.57. The van der Waals surface area contributed by atoms with Gasteiger partial charge in [-0.2, -0.15) is 0 Å². The van der Waals surface area contributed by atoms with Crippen molar-refractivity contribution in [3.05, 3.63) is 16.6 Å². The number of rotatable bonds is 3. The van der Waals surface area contributed by atoms with Gasteiger partial charge in [0.2, 0.25) is 5.91 Å². The largest absolute Gasteiger partial charge is 0.342 e. The molecule has 0 spiro atoms. The second-order valence-corrected chi connectivity index (χ2v) is 6.40. The van der Waals surface area contributed by atoms with Gasteiger partial charge in [0.25, 0.3) is 0 Å². The van der Waals surface area contributed by atoms with Crippen LogP contribution in [-0.4, -0.2) is 34.9 Å². The van der Waals surface area contributed by atoms with E-state index < -0.39 is 0 Å². The molecule has 2 heterocycles. The summed E-state index contributed by atoms with van der Waals surface area (Å²) < 4.78 is 0. The van der Waals surface area contributed by atoms with Crippen LogP contribution in [0.2, 0.25) is 0 Å². The van der Waals surface area contributed by atoms with Gasteiger partial charge in [-0.3, -0.25) is 4.79 Å². The number of nitrogens with two attached hydrogens (primary N) is 1. The molecule has 1 amide bonds. The summed E-state index contributed by atoms with van der Waals surface area (Å²) in [6.07, 6.45) is 2.19. The average molecular weight is 340 g/mol. The van der Waals surface area contributed by atoms with Gasteiger partial charge in [0.05, 0.1) is 11.2 Å². The van der Waals surface area contributed by atoms with Crippen LogP contribution in [0, 0.1) is 5.41 Å². The molecule has 1 aliphatic heterocycles. The highest BCUT2D eigenvalue weighted by Crippen LogP contribution is 2.28. The first kappa shape index (κ1) is 19.6. The summed E-state index contributed by atoms with van der Waals surface area (Å²) in [7, 11) is 0. The van der Waals surface area contributed by atoms with Crippen LogP contribution >= 0.6 is 36.2 Å². The van der Waals surface area contributed by atoms with Gasteiger partial charge in [-0.15, -0.1) is 36.2 Å². The quantitative estimate of drug-likeness (QED) is 0.920. The Kier molecular flexibility index (Phi) is 8.03. The molecular weight excluding hydrogens is 317 g/mol. The fourth-order valence-electron chi connectivity index (χ4n) is 2.34. The van der Waals surface area contributed by atoms with Gasteiger partial charge in [0, 0.05) is 30.9 Å². The standard InChI is InChI=1S/C13H21N3OS.2ClH/c1-13(2)8-16(6-5-11(13)14)12(17)4-3-10-7-18-9-15-10;;/h7,9,11H,3-6,8,14H2,1-2H3;2*1H. The number of carbonyl (C=O) groups is 1. The molecule has 1 aromatic heterocycles. The Balaban J connectivity index is 0.00000180. The highest BCUT2D eigenvalue weighted by molar-refractivity contribution is 7.07. The SMILES string of the molecule is CC1(C)CN(C(=O)CCc2cscn2)CCC1N.Cl.Cl. The first-order chi connectivity index (χ1) is 8.49. The molecule has 1 aliphatic rings. The van der Waals surface area contributed by atoms with Crippen molar-refractivity contribution in [3.63, 3.8) is 0 Å². The summed E-state index contributed by atoms with van der Waals surface area (Å²) in [5.74, 6) is 0.225. The number of nitrogens with zero attached hydrogens (tertiary/aromatic N) is 2. The molecule has 0 aliphatic carbocycles. The van der Waals surface area contributed by atoms with E-state index in [1.165, 1.54) is 0 Å². The smallest absolute Gasteiger partial charge is 0.222 e. The number of amides is 1. The molecule has 2 rings (SSSR count). The molecule has 116 valence electrons. The summed E-state index contributed by atoms with van der Waals surface area (Å²) in [4.78, 5) is 18.3. The van der Waals surface area contributed by atoms with Crippen LogP contribution in [-0.2, 0) is 11.2 Å². The van der Waals surface area contributed by atoms with Crippen molar-refractivity contribution in [2.24, 2.45) is 11.1 Å². The van der Waals surface area contributed by atoms with Crippen molar-refractivity contribution < 1.29 is 4.79 Å². The van der Waals surface area contributed by atoms with Crippen molar-refractivity contribution in [2.45, 2.75) is 39.2 Å². The van der Waals surface area contributed by atoms with Gasteiger partial charge in [-0.05, 0) is 18.3 Å². The summed E-state index contributed by atoms with van der Waals surface area (Å²) in [6, 6.07) is 0.195. The fourth-order valence-corrected chi connectivity index (χ4v) is 2.93. The van der Waals surface area contributed by atoms with Gasteiger partial charge in [-0.1, -0.05) is 13.8 Å². The number of aryl methyl sites for hydroxylation is 1. The number of hydrogen-bond acceptors (Lipinski definition) is 4. The lowest BCUT2D eigenvalue weighted by Gasteiger charge is -2.42. The second-order valence-electron chi connectivity index (χ2n) is 5.68. The van der Waals surface area contributed by atoms with Crippen molar-refractivity contribution in [2.75, 3.05) is 13.1 Å². The Bertz CT molecular complexity index is 412. The molecule has 20 heavy (non-hydrogen) atoms. The first-order valence-electron chi connectivity index (χ1n) is 6.39. The van der Waals surface area contributed by atoms with E-state index in [1.54, 1.807) is 11.3 Å². The molecule has 0 saturated carbocycles. The molecule has 1 unspecified atom stereocenters. The van der Waals surface area contributed by atoms with Crippen LogP contribution in [0.4, 0.5) is 0 Å². The van der Waals surface area contributed by atoms with Crippen LogP contribution in [0.25, 0.3) is 0 Å². The zero-order chi connectivity index (χ0) is 13.2. The lowest BCUT2D eigenvalue weighted by molar-refractivity contribution is -0.134. The molecule has 4 nitrogen and oxygen atoms in total. The van der Waals surface area contributed by atoms with Crippen LogP contribution in [0.1, 0.15) is 32.4 Å². The van der Waals surface area contributed by atoms with Crippen molar-refractivity contribution in [3.8, 4) is 0 Å². The van der Waals surface area contributed by atoms with Gasteiger partial charge < -0.3 is 10.6 Å². The lowest BCUT2D eigenvalue weighted by Crippen LogP contribution is -2.54. The normalized spacial score (nSPS) is 20.8. The number of halogens is 2. The number of hydrogen-bond donors (Lipinski definition) is 1. The van der Waals surface area contributed by atoms with E-state index in [9.17, 15) is 4.79 Å². The molecular formula is C13H23Cl2N3OS. The Labute approximate surface area is 137 Å². The van der Waals surface area contributed by atoms with E-state index in [0.717, 1.165) is 31.6 Å². The minimum atomic E-state index is 0. The maximum absolute atomic E-state index is 12.1. The van der Waals surface area contributed by atoms with Crippen LogP contribution in [0.15, 0.2) is 10.9 Å². The number of likely N-dealkylation sites (tertiary alicyclic amines) is 1. The fraction of sp³-hybridized carbons (Fsp3) is 0.692.